The van der Waals surface area contributed by atoms with Crippen LogP contribution in [0.5, 0.6) is 0 Å². The average Bonchev–Trinajstić information content (AvgIpc) is 3.05. The predicted octanol–water partition coefficient (Wildman–Crippen LogP) is 3.28. The number of halogens is 1. The fraction of sp³-hybridized carbons (Fsp3) is 0.364. The van der Waals surface area contributed by atoms with Crippen molar-refractivity contribution in [2.24, 2.45) is 5.73 Å². The maximum Gasteiger partial charge on any atom is 0.267 e. The van der Waals surface area contributed by atoms with Crippen LogP contribution in [0.2, 0.25) is 5.02 Å². The number of rotatable bonds is 5. The molecule has 1 aliphatic heterocycles. The Bertz CT molecular complexity index is 1020. The number of hydrogen-bond donors (Lipinski definition) is 1. The van der Waals surface area contributed by atoms with Crippen molar-refractivity contribution in [2.75, 3.05) is 26.2 Å². The number of aromatic nitrogens is 2. The summed E-state index contributed by atoms with van der Waals surface area (Å²) in [6, 6.07) is 14.4. The van der Waals surface area contributed by atoms with E-state index >= 15 is 0 Å². The first-order valence-corrected chi connectivity index (χ1v) is 10.3. The highest BCUT2D eigenvalue weighted by molar-refractivity contribution is 6.34. The van der Waals surface area contributed by atoms with E-state index in [2.05, 4.69) is 53.0 Å². The van der Waals surface area contributed by atoms with Crippen molar-refractivity contribution in [1.82, 2.24) is 19.4 Å². The van der Waals surface area contributed by atoms with Gasteiger partial charge >= 0.3 is 0 Å². The van der Waals surface area contributed by atoms with E-state index in [9.17, 15) is 4.79 Å². The molecule has 4 rings (SSSR count). The molecule has 1 fully saturated rings. The first-order chi connectivity index (χ1) is 13.9. The van der Waals surface area contributed by atoms with E-state index in [1.54, 1.807) is 6.07 Å². The highest BCUT2D eigenvalue weighted by Gasteiger charge is 2.19. The Kier molecular flexibility index (Phi) is 5.58. The lowest BCUT2D eigenvalue weighted by Gasteiger charge is -2.36. The third-order valence-corrected chi connectivity index (χ3v) is 5.92. The minimum Gasteiger partial charge on any atom is -0.364 e. The van der Waals surface area contributed by atoms with Crippen LogP contribution in [-0.2, 0) is 6.54 Å². The lowest BCUT2D eigenvalue weighted by atomic mass is 10.1. The Labute approximate surface area is 175 Å². The summed E-state index contributed by atoms with van der Waals surface area (Å²) in [7, 11) is 0. The van der Waals surface area contributed by atoms with Gasteiger partial charge in [0.15, 0.2) is 0 Å². The second kappa shape index (κ2) is 8.14. The lowest BCUT2D eigenvalue weighted by molar-refractivity contribution is 0.0993. The molecular formula is C22H26ClN5O. The molecule has 2 aromatic heterocycles. The fourth-order valence-corrected chi connectivity index (χ4v) is 4.10. The summed E-state index contributed by atoms with van der Waals surface area (Å²) in [5.41, 5.74) is 9.44. The van der Waals surface area contributed by atoms with Crippen molar-refractivity contribution in [1.29, 1.82) is 0 Å². The van der Waals surface area contributed by atoms with E-state index in [0.717, 1.165) is 44.0 Å². The minimum atomic E-state index is -0.551. The van der Waals surface area contributed by atoms with E-state index in [1.165, 1.54) is 10.1 Å². The van der Waals surface area contributed by atoms with Crippen molar-refractivity contribution in [3.63, 3.8) is 0 Å². The van der Waals surface area contributed by atoms with Gasteiger partial charge in [-0.05, 0) is 37.6 Å². The van der Waals surface area contributed by atoms with Gasteiger partial charge in [0.1, 0.15) is 5.69 Å². The molecule has 2 N–H and O–H groups in total. The third-order valence-electron chi connectivity index (χ3n) is 5.62. The first kappa shape index (κ1) is 19.9. The maximum atomic E-state index is 11.7. The number of nitrogens with zero attached hydrogens (tertiary/aromatic N) is 4. The number of fused-ring (bicyclic) bond motifs is 1. The van der Waals surface area contributed by atoms with Gasteiger partial charge in [-0.15, -0.1) is 0 Å². The molecule has 3 aromatic rings. The number of carbonyl (C=O) groups is 1. The molecule has 1 saturated heterocycles. The van der Waals surface area contributed by atoms with Crippen molar-refractivity contribution in [3.05, 3.63) is 58.7 Å². The largest absolute Gasteiger partial charge is 0.364 e. The summed E-state index contributed by atoms with van der Waals surface area (Å²) in [5.74, 6) is -0.551. The fourth-order valence-electron chi connectivity index (χ4n) is 3.85. The zero-order valence-corrected chi connectivity index (χ0v) is 17.6. The van der Waals surface area contributed by atoms with Crippen LogP contribution >= 0.6 is 11.6 Å². The van der Waals surface area contributed by atoms with Gasteiger partial charge < -0.3 is 5.73 Å². The molecular weight excluding hydrogens is 386 g/mol. The summed E-state index contributed by atoms with van der Waals surface area (Å²) in [4.78, 5) is 16.7. The van der Waals surface area contributed by atoms with Gasteiger partial charge in [0.05, 0.1) is 16.2 Å². The summed E-state index contributed by atoms with van der Waals surface area (Å²) in [5, 5.41) is 5.04. The van der Waals surface area contributed by atoms with E-state index in [4.69, 9.17) is 17.3 Å². The Balaban J connectivity index is 1.49. The van der Waals surface area contributed by atoms with Gasteiger partial charge in [0.2, 0.25) is 0 Å². The van der Waals surface area contributed by atoms with Gasteiger partial charge in [-0.2, -0.15) is 5.10 Å². The van der Waals surface area contributed by atoms with E-state index in [1.807, 2.05) is 12.1 Å². The molecule has 152 valence electrons. The van der Waals surface area contributed by atoms with Crippen LogP contribution in [0.1, 0.15) is 29.9 Å². The zero-order valence-electron chi connectivity index (χ0n) is 16.8. The highest BCUT2D eigenvalue weighted by Crippen LogP contribution is 2.25. The van der Waals surface area contributed by atoms with Crippen LogP contribution in [0.15, 0.2) is 42.5 Å². The van der Waals surface area contributed by atoms with Gasteiger partial charge in [-0.3, -0.25) is 14.6 Å². The molecule has 1 amide bonds. The van der Waals surface area contributed by atoms with Crippen molar-refractivity contribution < 1.29 is 4.79 Å². The Hall–Kier alpha value is -2.41. The van der Waals surface area contributed by atoms with Crippen LogP contribution < -0.4 is 5.73 Å². The molecule has 0 bridgehead atoms. The first-order valence-electron chi connectivity index (χ1n) is 9.96. The second-order valence-electron chi connectivity index (χ2n) is 7.86. The average molecular weight is 412 g/mol. The van der Waals surface area contributed by atoms with E-state index < -0.39 is 5.91 Å². The van der Waals surface area contributed by atoms with Crippen LogP contribution in [0.3, 0.4) is 0 Å². The normalized spacial score (nSPS) is 16.0. The molecule has 3 heterocycles. The number of carbonyl (C=O) groups excluding carboxylic acids is 1. The molecule has 1 aliphatic rings. The molecule has 6 nitrogen and oxygen atoms in total. The van der Waals surface area contributed by atoms with Gasteiger partial charge in [0, 0.05) is 44.3 Å². The summed E-state index contributed by atoms with van der Waals surface area (Å²) in [6.07, 6.45) is 0. The van der Waals surface area contributed by atoms with Crippen LogP contribution in [0, 0.1) is 0 Å². The standard InChI is InChI=1S/C22H26ClN5O/c1-15(2)27-11-9-26(10-12-27)14-16-3-5-17(6-4-16)19-7-8-20-18(23)13-21(22(24)29)28(20)25-19/h3-8,13,15H,9-12,14H2,1-2H3,(H2,24,29). The third kappa shape index (κ3) is 4.15. The number of primary amides is 1. The Morgan fingerprint density at radius 3 is 2.41 bits per heavy atom. The quantitative estimate of drug-likeness (QED) is 0.699. The molecule has 0 aliphatic carbocycles. The maximum absolute atomic E-state index is 11.7. The van der Waals surface area contributed by atoms with Crippen LogP contribution in [0.4, 0.5) is 0 Å². The van der Waals surface area contributed by atoms with Crippen molar-refractivity contribution in [3.8, 4) is 11.3 Å². The molecule has 7 heteroatoms. The van der Waals surface area contributed by atoms with E-state index in [0.29, 0.717) is 16.6 Å². The Morgan fingerprint density at radius 1 is 1.10 bits per heavy atom. The summed E-state index contributed by atoms with van der Waals surface area (Å²) >= 11 is 6.18. The van der Waals surface area contributed by atoms with Crippen LogP contribution in [-0.4, -0.2) is 57.5 Å². The van der Waals surface area contributed by atoms with Gasteiger partial charge in [0.25, 0.3) is 5.91 Å². The number of hydrogen-bond acceptors (Lipinski definition) is 4. The number of amides is 1. The zero-order chi connectivity index (χ0) is 20.5. The van der Waals surface area contributed by atoms with Gasteiger partial charge in [-0.25, -0.2) is 4.52 Å². The molecule has 0 unspecified atom stereocenters. The second-order valence-corrected chi connectivity index (χ2v) is 8.27. The van der Waals surface area contributed by atoms with E-state index in [-0.39, 0.29) is 5.69 Å². The molecule has 0 atom stereocenters. The van der Waals surface area contributed by atoms with Crippen molar-refractivity contribution >= 4 is 23.0 Å². The molecule has 0 saturated carbocycles. The summed E-state index contributed by atoms with van der Waals surface area (Å²) in [6.45, 7) is 9.92. The highest BCUT2D eigenvalue weighted by atomic mass is 35.5. The molecule has 0 spiro atoms. The number of nitrogens with two attached hydrogens (primary N) is 1. The van der Waals surface area contributed by atoms with Gasteiger partial charge in [-0.1, -0.05) is 35.9 Å². The lowest BCUT2D eigenvalue weighted by Crippen LogP contribution is -2.48. The van der Waals surface area contributed by atoms with Crippen molar-refractivity contribution in [2.45, 2.75) is 26.4 Å². The summed E-state index contributed by atoms with van der Waals surface area (Å²) < 4.78 is 1.52. The molecule has 0 radical (unpaired) electrons. The monoisotopic (exact) mass is 411 g/mol. The SMILES string of the molecule is CC(C)N1CCN(Cc2ccc(-c3ccc4c(Cl)cc(C(N)=O)n4n3)cc2)CC1. The minimum absolute atomic E-state index is 0.281. The van der Waals surface area contributed by atoms with Crippen LogP contribution in [0.25, 0.3) is 16.8 Å². The Morgan fingerprint density at radius 2 is 1.79 bits per heavy atom. The molecule has 1 aromatic carbocycles. The smallest absolute Gasteiger partial charge is 0.267 e. The predicted molar refractivity (Wildman–Crippen MR) is 116 cm³/mol. The molecule has 29 heavy (non-hydrogen) atoms. The number of benzene rings is 1. The number of piperazine rings is 1. The topological polar surface area (TPSA) is 66.9 Å².